The summed E-state index contributed by atoms with van der Waals surface area (Å²) in [6.45, 7) is 2.75. The summed E-state index contributed by atoms with van der Waals surface area (Å²) in [6, 6.07) is 3.48. The second-order valence-electron chi connectivity index (χ2n) is 4.24. The van der Waals surface area contributed by atoms with Crippen LogP contribution in [0, 0.1) is 22.7 Å². The molecular weight excluding hydrogens is 276 g/mol. The van der Waals surface area contributed by atoms with Crippen LogP contribution in [-0.2, 0) is 13.1 Å². The number of allylic oxidation sites excluding steroid dienone is 1. The predicted molar refractivity (Wildman–Crippen MR) is 75.2 cm³/mol. The van der Waals surface area contributed by atoms with E-state index in [2.05, 4.69) is 0 Å². The molecule has 0 unspecified atom stereocenters. The summed E-state index contributed by atoms with van der Waals surface area (Å²) in [5.41, 5.74) is -0.622. The summed E-state index contributed by atoms with van der Waals surface area (Å²) >= 11 is 1.40. The molecule has 2 heterocycles. The number of hydrogen-bond donors (Lipinski definition) is 0. The Morgan fingerprint density at radius 1 is 1.40 bits per heavy atom. The highest BCUT2D eigenvalue weighted by Crippen LogP contribution is 2.26. The summed E-state index contributed by atoms with van der Waals surface area (Å²) in [4.78, 5) is 24.6. The van der Waals surface area contributed by atoms with Gasteiger partial charge in [-0.05, 0) is 12.5 Å². The quantitative estimate of drug-likeness (QED) is 0.610. The van der Waals surface area contributed by atoms with Crippen molar-refractivity contribution in [2.24, 2.45) is 0 Å². The molecule has 7 heteroatoms. The summed E-state index contributed by atoms with van der Waals surface area (Å²) < 4.78 is 2.72. The first-order valence-electron chi connectivity index (χ1n) is 6.16. The van der Waals surface area contributed by atoms with Gasteiger partial charge < -0.3 is 0 Å². The standard InChI is InChI=1S/C13H12N4O2S/c1-2-3-16-11(18)10(6-9(7-14)8-15)12-17(13(16)19)4-5-20-12/h6H,2-5H2,1H3. The van der Waals surface area contributed by atoms with Crippen molar-refractivity contribution in [1.82, 2.24) is 9.13 Å². The van der Waals surface area contributed by atoms with Crippen LogP contribution < -0.4 is 11.2 Å². The fourth-order valence-corrected chi connectivity index (χ4v) is 3.16. The number of nitriles is 2. The Morgan fingerprint density at radius 2 is 2.10 bits per heavy atom. The maximum atomic E-state index is 12.4. The number of rotatable bonds is 3. The molecule has 0 spiro atoms. The molecule has 0 aromatic carbocycles. The Labute approximate surface area is 119 Å². The van der Waals surface area contributed by atoms with Gasteiger partial charge in [0, 0.05) is 18.8 Å². The third kappa shape index (κ3) is 2.28. The monoisotopic (exact) mass is 288 g/mol. The van der Waals surface area contributed by atoms with E-state index in [1.807, 2.05) is 6.92 Å². The summed E-state index contributed by atoms with van der Waals surface area (Å²) in [7, 11) is 0. The van der Waals surface area contributed by atoms with Crippen LogP contribution in [0.1, 0.15) is 18.9 Å². The highest BCUT2D eigenvalue weighted by Gasteiger charge is 2.22. The van der Waals surface area contributed by atoms with Crippen molar-refractivity contribution >= 4 is 17.8 Å². The van der Waals surface area contributed by atoms with Crippen molar-refractivity contribution in [3.05, 3.63) is 32.0 Å². The Bertz CT molecular complexity index is 758. The fraction of sp³-hybridized carbons (Fsp3) is 0.385. The first-order valence-corrected chi connectivity index (χ1v) is 7.15. The first-order chi connectivity index (χ1) is 9.63. The molecule has 0 bridgehead atoms. The van der Waals surface area contributed by atoms with Gasteiger partial charge in [-0.15, -0.1) is 11.8 Å². The maximum absolute atomic E-state index is 12.4. The van der Waals surface area contributed by atoms with E-state index >= 15 is 0 Å². The Morgan fingerprint density at radius 3 is 2.70 bits per heavy atom. The Hall–Kier alpha value is -2.25. The highest BCUT2D eigenvalue weighted by molar-refractivity contribution is 7.99. The lowest BCUT2D eigenvalue weighted by atomic mass is 10.2. The van der Waals surface area contributed by atoms with Crippen LogP contribution in [0.4, 0.5) is 0 Å². The third-order valence-corrected chi connectivity index (χ3v) is 4.04. The molecule has 0 saturated carbocycles. The SMILES string of the molecule is CCCn1c(=O)c(C=C(C#N)C#N)c2n(c1=O)CCS2. The smallest absolute Gasteiger partial charge is 0.287 e. The molecule has 0 fully saturated rings. The van der Waals surface area contributed by atoms with Gasteiger partial charge in [-0.25, -0.2) is 4.79 Å². The molecule has 0 radical (unpaired) electrons. The van der Waals surface area contributed by atoms with Crippen LogP contribution >= 0.6 is 11.8 Å². The van der Waals surface area contributed by atoms with Crippen LogP contribution in [0.25, 0.3) is 6.08 Å². The van der Waals surface area contributed by atoms with Crippen LogP contribution in [0.2, 0.25) is 0 Å². The number of thioether (sulfide) groups is 1. The van der Waals surface area contributed by atoms with Gasteiger partial charge in [0.15, 0.2) is 0 Å². The average molecular weight is 288 g/mol. The van der Waals surface area contributed by atoms with Gasteiger partial charge in [-0.2, -0.15) is 10.5 Å². The molecule has 20 heavy (non-hydrogen) atoms. The molecule has 0 aliphatic carbocycles. The van der Waals surface area contributed by atoms with Crippen molar-refractivity contribution in [2.75, 3.05) is 5.75 Å². The van der Waals surface area contributed by atoms with Crippen molar-refractivity contribution < 1.29 is 0 Å². The zero-order chi connectivity index (χ0) is 14.7. The second-order valence-corrected chi connectivity index (χ2v) is 5.32. The maximum Gasteiger partial charge on any atom is 0.331 e. The van der Waals surface area contributed by atoms with E-state index in [1.165, 1.54) is 22.4 Å². The molecule has 1 aromatic heterocycles. The third-order valence-electron chi connectivity index (χ3n) is 2.94. The first kappa shape index (κ1) is 14.2. The van der Waals surface area contributed by atoms with E-state index in [0.717, 1.165) is 0 Å². The zero-order valence-electron chi connectivity index (χ0n) is 10.9. The number of aromatic nitrogens is 2. The molecule has 1 aromatic rings. The Balaban J connectivity index is 2.79. The minimum Gasteiger partial charge on any atom is -0.287 e. The number of nitrogens with zero attached hydrogens (tertiary/aromatic N) is 4. The Kier molecular flexibility index (Phi) is 4.11. The van der Waals surface area contributed by atoms with E-state index < -0.39 is 5.56 Å². The van der Waals surface area contributed by atoms with Gasteiger partial charge in [0.05, 0.1) is 10.6 Å². The van der Waals surface area contributed by atoms with Gasteiger partial charge in [-0.3, -0.25) is 13.9 Å². The molecule has 6 nitrogen and oxygen atoms in total. The number of fused-ring (bicyclic) bond motifs is 1. The summed E-state index contributed by atoms with van der Waals surface area (Å²) in [5.74, 6) is 0.708. The molecule has 1 aliphatic heterocycles. The largest absolute Gasteiger partial charge is 0.331 e. The van der Waals surface area contributed by atoms with E-state index in [-0.39, 0.29) is 16.8 Å². The van der Waals surface area contributed by atoms with Crippen LogP contribution in [0.15, 0.2) is 20.2 Å². The van der Waals surface area contributed by atoms with Gasteiger partial charge in [0.1, 0.15) is 17.7 Å². The molecule has 0 N–H and O–H groups in total. The number of hydrogen-bond acceptors (Lipinski definition) is 5. The normalized spacial score (nSPS) is 12.3. The lowest BCUT2D eigenvalue weighted by Gasteiger charge is -2.10. The van der Waals surface area contributed by atoms with Crippen molar-refractivity contribution in [1.29, 1.82) is 10.5 Å². The van der Waals surface area contributed by atoms with Crippen LogP contribution in [0.3, 0.4) is 0 Å². The lowest BCUT2D eigenvalue weighted by molar-refractivity contribution is 0.538. The van der Waals surface area contributed by atoms with Crippen LogP contribution in [0.5, 0.6) is 0 Å². The molecule has 102 valence electrons. The lowest BCUT2D eigenvalue weighted by Crippen LogP contribution is -2.41. The molecule has 0 atom stereocenters. The molecule has 0 saturated heterocycles. The van der Waals surface area contributed by atoms with E-state index in [4.69, 9.17) is 10.5 Å². The predicted octanol–water partition coefficient (Wildman–Crippen LogP) is 0.956. The van der Waals surface area contributed by atoms with Crippen molar-refractivity contribution in [2.45, 2.75) is 31.5 Å². The van der Waals surface area contributed by atoms with Gasteiger partial charge in [0.2, 0.25) is 0 Å². The summed E-state index contributed by atoms with van der Waals surface area (Å²) in [6.07, 6.45) is 1.94. The minimum absolute atomic E-state index is 0.140. The fourth-order valence-electron chi connectivity index (χ4n) is 2.07. The molecule has 2 rings (SSSR count). The van der Waals surface area contributed by atoms with Crippen molar-refractivity contribution in [3.63, 3.8) is 0 Å². The zero-order valence-corrected chi connectivity index (χ0v) is 11.7. The van der Waals surface area contributed by atoms with Crippen molar-refractivity contribution in [3.8, 4) is 12.1 Å². The highest BCUT2D eigenvalue weighted by atomic mass is 32.2. The topological polar surface area (TPSA) is 91.6 Å². The second kappa shape index (κ2) is 5.81. The van der Waals surface area contributed by atoms with Crippen LogP contribution in [-0.4, -0.2) is 14.9 Å². The van der Waals surface area contributed by atoms with E-state index in [9.17, 15) is 9.59 Å². The average Bonchev–Trinajstić information content (AvgIpc) is 2.93. The molecular formula is C13H12N4O2S. The summed E-state index contributed by atoms with van der Waals surface area (Å²) in [5, 5.41) is 18.2. The van der Waals surface area contributed by atoms with Gasteiger partial charge in [0.25, 0.3) is 5.56 Å². The minimum atomic E-state index is -0.430. The molecule has 1 aliphatic rings. The molecule has 0 amide bonds. The van der Waals surface area contributed by atoms with E-state index in [1.54, 1.807) is 16.7 Å². The van der Waals surface area contributed by atoms with Gasteiger partial charge >= 0.3 is 5.69 Å². The van der Waals surface area contributed by atoms with E-state index in [0.29, 0.717) is 30.3 Å². The van der Waals surface area contributed by atoms with Gasteiger partial charge in [-0.1, -0.05) is 6.92 Å².